The maximum Gasteiger partial charge on any atom is 0.319 e. The van der Waals surface area contributed by atoms with Crippen LogP contribution in [0, 0.1) is 5.82 Å². The molecule has 0 fully saturated rings. The van der Waals surface area contributed by atoms with Crippen LogP contribution in [-0.4, -0.2) is 19.7 Å². The summed E-state index contributed by atoms with van der Waals surface area (Å²) in [6, 6.07) is 13.5. The summed E-state index contributed by atoms with van der Waals surface area (Å²) in [6.07, 6.45) is 0.646. The molecule has 5 heteroatoms. The number of para-hydroxylation sites is 1. The van der Waals surface area contributed by atoms with Gasteiger partial charge < -0.3 is 15.4 Å². The molecular formula is C17H19FN2O2. The van der Waals surface area contributed by atoms with E-state index in [1.165, 1.54) is 12.1 Å². The predicted molar refractivity (Wildman–Crippen MR) is 84.3 cm³/mol. The molecule has 0 aromatic heterocycles. The smallest absolute Gasteiger partial charge is 0.319 e. The van der Waals surface area contributed by atoms with Crippen LogP contribution in [0.1, 0.15) is 11.1 Å². The normalized spacial score (nSPS) is 10.3. The van der Waals surface area contributed by atoms with Crippen LogP contribution >= 0.6 is 0 Å². The Kier molecular flexibility index (Phi) is 5.91. The minimum Gasteiger partial charge on any atom is -0.380 e. The maximum atomic E-state index is 12.8. The van der Waals surface area contributed by atoms with E-state index in [0.29, 0.717) is 19.6 Å². The van der Waals surface area contributed by atoms with E-state index >= 15 is 0 Å². The van der Waals surface area contributed by atoms with Crippen molar-refractivity contribution in [1.29, 1.82) is 0 Å². The number of halogens is 1. The Hall–Kier alpha value is -2.40. The number of carbonyl (C=O) groups excluding carboxylic acids is 1. The largest absolute Gasteiger partial charge is 0.380 e. The van der Waals surface area contributed by atoms with Gasteiger partial charge in [-0.05, 0) is 30.2 Å². The lowest BCUT2D eigenvalue weighted by Gasteiger charge is -2.11. The first-order valence-electron chi connectivity index (χ1n) is 7.05. The molecule has 2 aromatic carbocycles. The lowest BCUT2D eigenvalue weighted by molar-refractivity contribution is 0.185. The van der Waals surface area contributed by atoms with E-state index in [0.717, 1.165) is 16.8 Å². The van der Waals surface area contributed by atoms with Crippen molar-refractivity contribution in [3.8, 4) is 0 Å². The van der Waals surface area contributed by atoms with Crippen molar-refractivity contribution in [1.82, 2.24) is 5.32 Å². The molecule has 0 atom stereocenters. The van der Waals surface area contributed by atoms with Gasteiger partial charge in [-0.3, -0.25) is 0 Å². The Morgan fingerprint density at radius 3 is 2.59 bits per heavy atom. The maximum absolute atomic E-state index is 12.8. The third kappa shape index (κ3) is 4.86. The van der Waals surface area contributed by atoms with Crippen molar-refractivity contribution in [2.75, 3.05) is 19.0 Å². The fourth-order valence-corrected chi connectivity index (χ4v) is 2.06. The zero-order valence-corrected chi connectivity index (χ0v) is 12.4. The molecule has 2 N–H and O–H groups in total. The molecule has 116 valence electrons. The third-order valence-electron chi connectivity index (χ3n) is 3.18. The summed E-state index contributed by atoms with van der Waals surface area (Å²) in [5, 5.41) is 5.58. The number of rotatable bonds is 6. The molecule has 0 saturated carbocycles. The van der Waals surface area contributed by atoms with Crippen LogP contribution in [0.5, 0.6) is 0 Å². The summed E-state index contributed by atoms with van der Waals surface area (Å²) in [5.74, 6) is -0.260. The molecule has 0 spiro atoms. The Morgan fingerprint density at radius 1 is 1.14 bits per heavy atom. The average Bonchev–Trinajstić information content (AvgIpc) is 2.51. The van der Waals surface area contributed by atoms with E-state index in [1.54, 1.807) is 19.2 Å². The molecule has 0 aliphatic carbocycles. The number of hydrogen-bond acceptors (Lipinski definition) is 2. The van der Waals surface area contributed by atoms with Crippen molar-refractivity contribution >= 4 is 11.7 Å². The topological polar surface area (TPSA) is 50.4 Å². The molecule has 22 heavy (non-hydrogen) atoms. The molecule has 2 amide bonds. The average molecular weight is 302 g/mol. The number of amides is 2. The SMILES string of the molecule is COCc1ccccc1NC(=O)NCCc1ccc(F)cc1. The van der Waals surface area contributed by atoms with Crippen molar-refractivity contribution in [2.24, 2.45) is 0 Å². The van der Waals surface area contributed by atoms with Gasteiger partial charge in [0, 0.05) is 24.9 Å². The van der Waals surface area contributed by atoms with Crippen molar-refractivity contribution in [3.63, 3.8) is 0 Å². The second-order valence-electron chi connectivity index (χ2n) is 4.85. The van der Waals surface area contributed by atoms with E-state index in [4.69, 9.17) is 4.74 Å². The molecule has 0 saturated heterocycles. The summed E-state index contributed by atoms with van der Waals surface area (Å²) in [6.45, 7) is 0.913. The standard InChI is InChI=1S/C17H19FN2O2/c1-22-12-14-4-2-3-5-16(14)20-17(21)19-11-10-13-6-8-15(18)9-7-13/h2-9H,10-12H2,1H3,(H2,19,20,21). The zero-order valence-electron chi connectivity index (χ0n) is 12.4. The van der Waals surface area contributed by atoms with E-state index in [-0.39, 0.29) is 11.8 Å². The van der Waals surface area contributed by atoms with Crippen molar-refractivity contribution in [2.45, 2.75) is 13.0 Å². The first-order chi connectivity index (χ1) is 10.7. The van der Waals surface area contributed by atoms with Gasteiger partial charge in [-0.1, -0.05) is 30.3 Å². The molecule has 0 unspecified atom stereocenters. The summed E-state index contributed by atoms with van der Waals surface area (Å²) in [5.41, 5.74) is 2.61. The van der Waals surface area contributed by atoms with E-state index in [9.17, 15) is 9.18 Å². The summed E-state index contributed by atoms with van der Waals surface area (Å²) in [4.78, 5) is 11.9. The number of nitrogens with one attached hydrogen (secondary N) is 2. The molecule has 0 aliphatic heterocycles. The van der Waals surface area contributed by atoms with Gasteiger partial charge in [-0.15, -0.1) is 0 Å². The third-order valence-corrected chi connectivity index (χ3v) is 3.18. The molecule has 0 bridgehead atoms. The van der Waals surface area contributed by atoms with Gasteiger partial charge in [-0.25, -0.2) is 9.18 Å². The second-order valence-corrected chi connectivity index (χ2v) is 4.85. The quantitative estimate of drug-likeness (QED) is 0.860. The van der Waals surface area contributed by atoms with Crippen LogP contribution in [0.25, 0.3) is 0 Å². The number of urea groups is 1. The molecule has 2 aromatic rings. The summed E-state index contributed by atoms with van der Waals surface area (Å²) >= 11 is 0. The highest BCUT2D eigenvalue weighted by Gasteiger charge is 2.05. The van der Waals surface area contributed by atoms with Gasteiger partial charge in [0.15, 0.2) is 0 Å². The summed E-state index contributed by atoms with van der Waals surface area (Å²) < 4.78 is 17.9. The van der Waals surface area contributed by atoms with Crippen LogP contribution in [0.3, 0.4) is 0 Å². The molecule has 2 rings (SSSR count). The van der Waals surface area contributed by atoms with Gasteiger partial charge in [0.25, 0.3) is 0 Å². The van der Waals surface area contributed by atoms with E-state index in [1.807, 2.05) is 24.3 Å². The first kappa shape index (κ1) is 16.0. The predicted octanol–water partition coefficient (Wildman–Crippen LogP) is 3.34. The monoisotopic (exact) mass is 302 g/mol. The highest BCUT2D eigenvalue weighted by Crippen LogP contribution is 2.15. The van der Waals surface area contributed by atoms with Gasteiger partial charge in [0.2, 0.25) is 0 Å². The van der Waals surface area contributed by atoms with Gasteiger partial charge in [0.05, 0.1) is 6.61 Å². The molecule has 0 aliphatic rings. The fraction of sp³-hybridized carbons (Fsp3) is 0.235. The Morgan fingerprint density at radius 2 is 1.86 bits per heavy atom. The van der Waals surface area contributed by atoms with Crippen LogP contribution in [0.15, 0.2) is 48.5 Å². The minimum atomic E-state index is -0.273. The first-order valence-corrected chi connectivity index (χ1v) is 7.05. The fourth-order valence-electron chi connectivity index (χ4n) is 2.06. The van der Waals surface area contributed by atoms with Gasteiger partial charge in [0.1, 0.15) is 5.82 Å². The van der Waals surface area contributed by atoms with E-state index in [2.05, 4.69) is 10.6 Å². The number of carbonyl (C=O) groups is 1. The molecular weight excluding hydrogens is 283 g/mol. The van der Waals surface area contributed by atoms with Crippen LogP contribution in [-0.2, 0) is 17.8 Å². The molecule has 0 radical (unpaired) electrons. The zero-order chi connectivity index (χ0) is 15.8. The Bertz CT molecular complexity index is 614. The highest BCUT2D eigenvalue weighted by molar-refractivity contribution is 5.90. The molecule has 0 heterocycles. The van der Waals surface area contributed by atoms with Gasteiger partial charge in [-0.2, -0.15) is 0 Å². The van der Waals surface area contributed by atoms with Crippen LogP contribution < -0.4 is 10.6 Å². The molecule has 4 nitrogen and oxygen atoms in total. The Balaban J connectivity index is 1.82. The number of benzene rings is 2. The number of methoxy groups -OCH3 is 1. The lowest BCUT2D eigenvalue weighted by Crippen LogP contribution is -2.30. The number of hydrogen-bond donors (Lipinski definition) is 2. The van der Waals surface area contributed by atoms with Crippen LogP contribution in [0.2, 0.25) is 0 Å². The van der Waals surface area contributed by atoms with Gasteiger partial charge >= 0.3 is 6.03 Å². The van der Waals surface area contributed by atoms with Crippen molar-refractivity contribution in [3.05, 3.63) is 65.5 Å². The summed E-state index contributed by atoms with van der Waals surface area (Å²) in [7, 11) is 1.61. The Labute approximate surface area is 129 Å². The minimum absolute atomic E-state index is 0.260. The van der Waals surface area contributed by atoms with Crippen molar-refractivity contribution < 1.29 is 13.9 Å². The van der Waals surface area contributed by atoms with E-state index < -0.39 is 0 Å². The lowest BCUT2D eigenvalue weighted by atomic mass is 10.1. The highest BCUT2D eigenvalue weighted by atomic mass is 19.1. The number of ether oxygens (including phenoxy) is 1. The van der Waals surface area contributed by atoms with Crippen LogP contribution in [0.4, 0.5) is 14.9 Å². The number of anilines is 1. The second kappa shape index (κ2) is 8.14.